The first kappa shape index (κ1) is 10.4. The SMILES string of the molecule is CC[C@H]1O[C@@H]2OC(C)(C)O[C@]2(C)[C@@H]1C. The van der Waals surface area contributed by atoms with Crippen molar-refractivity contribution in [2.24, 2.45) is 5.92 Å². The van der Waals surface area contributed by atoms with Crippen LogP contribution in [0.5, 0.6) is 0 Å². The van der Waals surface area contributed by atoms with Crippen LogP contribution >= 0.6 is 0 Å². The van der Waals surface area contributed by atoms with Crippen molar-refractivity contribution in [1.29, 1.82) is 0 Å². The number of rotatable bonds is 1. The first-order valence-corrected chi connectivity index (χ1v) is 5.42. The van der Waals surface area contributed by atoms with Gasteiger partial charge >= 0.3 is 0 Å². The van der Waals surface area contributed by atoms with Crippen LogP contribution in [0.1, 0.15) is 41.0 Å². The van der Waals surface area contributed by atoms with Gasteiger partial charge in [0.1, 0.15) is 5.60 Å². The summed E-state index contributed by atoms with van der Waals surface area (Å²) in [5, 5.41) is 0. The lowest BCUT2D eigenvalue weighted by Gasteiger charge is -2.28. The highest BCUT2D eigenvalue weighted by molar-refractivity contribution is 5.00. The second kappa shape index (κ2) is 2.94. The zero-order chi connectivity index (χ0) is 10.6. The van der Waals surface area contributed by atoms with Crippen molar-refractivity contribution in [2.75, 3.05) is 0 Å². The Morgan fingerprint density at radius 3 is 2.36 bits per heavy atom. The summed E-state index contributed by atoms with van der Waals surface area (Å²) < 4.78 is 17.5. The standard InChI is InChI=1S/C11H20O3/c1-6-8-7(2)11(5)9(12-8)13-10(3,4)14-11/h7-9H,6H2,1-5H3/t7-,8-,9-,11-/m1/s1. The first-order valence-electron chi connectivity index (χ1n) is 5.42. The van der Waals surface area contributed by atoms with Gasteiger partial charge in [-0.05, 0) is 27.2 Å². The van der Waals surface area contributed by atoms with E-state index in [9.17, 15) is 0 Å². The summed E-state index contributed by atoms with van der Waals surface area (Å²) in [5.74, 6) is -0.119. The summed E-state index contributed by atoms with van der Waals surface area (Å²) in [6.07, 6.45) is 1.08. The van der Waals surface area contributed by atoms with E-state index in [1.54, 1.807) is 0 Å². The van der Waals surface area contributed by atoms with Crippen molar-refractivity contribution in [2.45, 2.75) is 64.8 Å². The van der Waals surface area contributed by atoms with Gasteiger partial charge in [-0.15, -0.1) is 0 Å². The third-order valence-electron chi connectivity index (χ3n) is 3.49. The quantitative estimate of drug-likeness (QED) is 0.650. The highest BCUT2D eigenvalue weighted by Crippen LogP contribution is 2.49. The molecule has 0 unspecified atom stereocenters. The maximum absolute atomic E-state index is 5.96. The van der Waals surface area contributed by atoms with Crippen LogP contribution in [0.2, 0.25) is 0 Å². The molecule has 0 aliphatic carbocycles. The molecule has 0 radical (unpaired) electrons. The summed E-state index contributed by atoms with van der Waals surface area (Å²) in [7, 11) is 0. The van der Waals surface area contributed by atoms with Crippen LogP contribution in [0.3, 0.4) is 0 Å². The van der Waals surface area contributed by atoms with E-state index in [1.807, 2.05) is 13.8 Å². The lowest BCUT2D eigenvalue weighted by atomic mass is 9.88. The van der Waals surface area contributed by atoms with E-state index >= 15 is 0 Å². The van der Waals surface area contributed by atoms with Gasteiger partial charge in [0, 0.05) is 5.92 Å². The van der Waals surface area contributed by atoms with Gasteiger partial charge in [-0.2, -0.15) is 0 Å². The van der Waals surface area contributed by atoms with Crippen LogP contribution in [0.15, 0.2) is 0 Å². The molecule has 2 aliphatic heterocycles. The third kappa shape index (κ3) is 1.30. The molecule has 0 N–H and O–H groups in total. The lowest BCUT2D eigenvalue weighted by molar-refractivity contribution is -0.212. The van der Waals surface area contributed by atoms with Crippen molar-refractivity contribution in [3.8, 4) is 0 Å². The second-order valence-corrected chi connectivity index (χ2v) is 5.01. The van der Waals surface area contributed by atoms with Gasteiger partial charge in [-0.1, -0.05) is 13.8 Å². The van der Waals surface area contributed by atoms with Crippen LogP contribution in [0.25, 0.3) is 0 Å². The van der Waals surface area contributed by atoms with Gasteiger partial charge in [0.2, 0.25) is 0 Å². The summed E-state index contributed by atoms with van der Waals surface area (Å²) in [6, 6.07) is 0. The number of hydrogen-bond acceptors (Lipinski definition) is 3. The van der Waals surface area contributed by atoms with Crippen LogP contribution < -0.4 is 0 Å². The molecule has 2 heterocycles. The molecule has 0 bridgehead atoms. The Kier molecular flexibility index (Phi) is 2.18. The Hall–Kier alpha value is -0.120. The van der Waals surface area contributed by atoms with Crippen LogP contribution in [0, 0.1) is 5.92 Å². The lowest BCUT2D eigenvalue weighted by Crippen LogP contribution is -2.39. The first-order chi connectivity index (χ1) is 6.39. The Balaban J connectivity index is 2.21. The summed E-state index contributed by atoms with van der Waals surface area (Å²) in [6.45, 7) is 10.3. The second-order valence-electron chi connectivity index (χ2n) is 5.01. The fourth-order valence-electron chi connectivity index (χ4n) is 2.54. The molecular formula is C11H20O3. The molecule has 0 amide bonds. The summed E-state index contributed by atoms with van der Waals surface area (Å²) in [5.41, 5.74) is -0.274. The molecule has 0 aromatic carbocycles. The fraction of sp³-hybridized carbons (Fsp3) is 1.00. The van der Waals surface area contributed by atoms with E-state index in [-0.39, 0.29) is 18.0 Å². The van der Waals surface area contributed by atoms with Crippen molar-refractivity contribution in [3.05, 3.63) is 0 Å². The minimum absolute atomic E-state index is 0.197. The van der Waals surface area contributed by atoms with Gasteiger partial charge in [-0.3, -0.25) is 0 Å². The maximum Gasteiger partial charge on any atom is 0.190 e. The number of ether oxygens (including phenoxy) is 3. The van der Waals surface area contributed by atoms with Gasteiger partial charge in [0.05, 0.1) is 6.10 Å². The van der Waals surface area contributed by atoms with Gasteiger partial charge in [0.15, 0.2) is 12.1 Å². The average molecular weight is 200 g/mol. The fourth-order valence-corrected chi connectivity index (χ4v) is 2.54. The Morgan fingerprint density at radius 2 is 1.86 bits per heavy atom. The van der Waals surface area contributed by atoms with E-state index in [2.05, 4.69) is 20.8 Å². The molecule has 0 saturated carbocycles. The number of fused-ring (bicyclic) bond motifs is 1. The molecule has 14 heavy (non-hydrogen) atoms. The third-order valence-corrected chi connectivity index (χ3v) is 3.49. The van der Waals surface area contributed by atoms with E-state index in [0.717, 1.165) is 6.42 Å². The van der Waals surface area contributed by atoms with E-state index in [0.29, 0.717) is 5.92 Å². The molecule has 0 aromatic rings. The molecule has 3 heteroatoms. The molecule has 0 spiro atoms. The molecule has 2 fully saturated rings. The van der Waals surface area contributed by atoms with Crippen molar-refractivity contribution in [3.63, 3.8) is 0 Å². The van der Waals surface area contributed by atoms with E-state index in [1.165, 1.54) is 0 Å². The zero-order valence-corrected chi connectivity index (χ0v) is 9.66. The molecule has 0 aromatic heterocycles. The van der Waals surface area contributed by atoms with Crippen molar-refractivity contribution in [1.82, 2.24) is 0 Å². The zero-order valence-electron chi connectivity index (χ0n) is 9.66. The van der Waals surface area contributed by atoms with Crippen molar-refractivity contribution >= 4 is 0 Å². The maximum atomic E-state index is 5.96. The molecule has 2 saturated heterocycles. The Labute approximate surface area is 85.7 Å². The number of hydrogen-bond donors (Lipinski definition) is 0. The molecule has 82 valence electrons. The molecular weight excluding hydrogens is 180 g/mol. The predicted octanol–water partition coefficient (Wildman–Crippen LogP) is 2.30. The monoisotopic (exact) mass is 200 g/mol. The molecule has 2 aliphatic rings. The summed E-state index contributed by atoms with van der Waals surface area (Å²) in [4.78, 5) is 0. The van der Waals surface area contributed by atoms with Gasteiger partial charge in [-0.25, -0.2) is 0 Å². The minimum atomic E-state index is -0.508. The van der Waals surface area contributed by atoms with E-state index in [4.69, 9.17) is 14.2 Å². The van der Waals surface area contributed by atoms with Gasteiger partial charge in [0.25, 0.3) is 0 Å². The largest absolute Gasteiger partial charge is 0.346 e. The highest BCUT2D eigenvalue weighted by atomic mass is 16.8. The van der Waals surface area contributed by atoms with Crippen LogP contribution in [-0.4, -0.2) is 23.8 Å². The summed E-state index contributed by atoms with van der Waals surface area (Å²) >= 11 is 0. The molecule has 2 rings (SSSR count). The normalized spacial score (nSPS) is 50.8. The highest BCUT2D eigenvalue weighted by Gasteiger charge is 2.60. The smallest absolute Gasteiger partial charge is 0.190 e. The predicted molar refractivity (Wildman–Crippen MR) is 52.8 cm³/mol. The minimum Gasteiger partial charge on any atom is -0.346 e. The van der Waals surface area contributed by atoms with Crippen molar-refractivity contribution < 1.29 is 14.2 Å². The van der Waals surface area contributed by atoms with Crippen LogP contribution in [0.4, 0.5) is 0 Å². The Morgan fingerprint density at radius 1 is 1.21 bits per heavy atom. The topological polar surface area (TPSA) is 27.7 Å². The van der Waals surface area contributed by atoms with E-state index < -0.39 is 5.79 Å². The molecule has 3 nitrogen and oxygen atoms in total. The molecule has 4 atom stereocenters. The van der Waals surface area contributed by atoms with Gasteiger partial charge < -0.3 is 14.2 Å². The van der Waals surface area contributed by atoms with Crippen LogP contribution in [-0.2, 0) is 14.2 Å². The Bertz CT molecular complexity index is 239. The average Bonchev–Trinajstić information content (AvgIpc) is 2.42.